The second kappa shape index (κ2) is 5.02. The van der Waals surface area contributed by atoms with Crippen LogP contribution in [0.2, 0.25) is 0 Å². The van der Waals surface area contributed by atoms with Crippen LogP contribution in [0.15, 0.2) is 27.3 Å². The first-order chi connectivity index (χ1) is 8.99. The topological polar surface area (TPSA) is 137 Å². The zero-order chi connectivity index (χ0) is 14.0. The lowest BCUT2D eigenvalue weighted by atomic mass is 10.2. The molecule has 0 aliphatic rings. The summed E-state index contributed by atoms with van der Waals surface area (Å²) in [5.41, 5.74) is 5.21. The number of aromatic nitrogens is 2. The summed E-state index contributed by atoms with van der Waals surface area (Å²) in [7, 11) is 0. The Morgan fingerprint density at radius 1 is 1.47 bits per heavy atom. The van der Waals surface area contributed by atoms with Gasteiger partial charge in [-0.1, -0.05) is 0 Å². The largest absolute Gasteiger partial charge is 0.379 e. The fraction of sp³-hybridized carbons (Fsp3) is 0. The molecule has 0 saturated heterocycles. The molecule has 0 saturated carbocycles. The molecule has 0 aliphatic carbocycles. The fourth-order valence-electron chi connectivity index (χ4n) is 1.27. The van der Waals surface area contributed by atoms with E-state index in [9.17, 15) is 14.9 Å². The van der Waals surface area contributed by atoms with E-state index in [-0.39, 0.29) is 22.9 Å². The van der Waals surface area contributed by atoms with Gasteiger partial charge in [-0.2, -0.15) is 0 Å². The lowest BCUT2D eigenvalue weighted by Crippen LogP contribution is -2.14. The van der Waals surface area contributed by atoms with E-state index < -0.39 is 10.8 Å². The third kappa shape index (κ3) is 2.68. The zero-order valence-electron chi connectivity index (χ0n) is 9.16. The predicted molar refractivity (Wildman–Crippen MR) is 67.5 cm³/mol. The van der Waals surface area contributed by atoms with E-state index in [2.05, 4.69) is 36.2 Å². The van der Waals surface area contributed by atoms with Crippen molar-refractivity contribution >= 4 is 39.0 Å². The Hall–Kier alpha value is -2.49. The minimum Gasteiger partial charge on any atom is -0.379 e. The van der Waals surface area contributed by atoms with E-state index in [1.54, 1.807) is 0 Å². The predicted octanol–water partition coefficient (Wildman–Crippen LogP) is 1.57. The smallest absolute Gasteiger partial charge is 0.285 e. The van der Waals surface area contributed by atoms with Gasteiger partial charge in [-0.3, -0.25) is 14.9 Å². The molecule has 19 heavy (non-hydrogen) atoms. The number of hydrogen-bond donors (Lipinski definition) is 2. The number of benzene rings is 1. The van der Waals surface area contributed by atoms with Crippen LogP contribution in [-0.4, -0.2) is 21.1 Å². The van der Waals surface area contributed by atoms with Crippen molar-refractivity contribution in [2.75, 3.05) is 11.1 Å². The number of anilines is 2. The molecule has 98 valence electrons. The number of halogens is 1. The maximum Gasteiger partial charge on any atom is 0.285 e. The van der Waals surface area contributed by atoms with Gasteiger partial charge < -0.3 is 11.1 Å². The molecule has 1 heterocycles. The quantitative estimate of drug-likeness (QED) is 0.644. The van der Waals surface area contributed by atoms with Crippen molar-refractivity contribution in [1.82, 2.24) is 10.3 Å². The van der Waals surface area contributed by atoms with Crippen LogP contribution in [0.1, 0.15) is 10.5 Å². The Bertz CT molecular complexity index is 656. The Labute approximate surface area is 114 Å². The number of nitro benzene ring substituents is 1. The van der Waals surface area contributed by atoms with E-state index in [1.165, 1.54) is 18.2 Å². The fourth-order valence-corrected chi connectivity index (χ4v) is 1.67. The highest BCUT2D eigenvalue weighted by Crippen LogP contribution is 2.28. The van der Waals surface area contributed by atoms with E-state index in [4.69, 9.17) is 5.73 Å². The average molecular weight is 328 g/mol. The summed E-state index contributed by atoms with van der Waals surface area (Å²) in [6, 6.07) is 4.13. The molecular formula is C9H6BrN5O4. The van der Waals surface area contributed by atoms with Gasteiger partial charge in [-0.15, -0.1) is 0 Å². The molecule has 0 spiro atoms. The van der Waals surface area contributed by atoms with E-state index in [1.807, 2.05) is 0 Å². The molecule has 0 bridgehead atoms. The van der Waals surface area contributed by atoms with E-state index >= 15 is 0 Å². The number of hydrogen-bond acceptors (Lipinski definition) is 7. The maximum absolute atomic E-state index is 11.7. The molecule has 1 aromatic carbocycles. The van der Waals surface area contributed by atoms with Gasteiger partial charge in [0.2, 0.25) is 11.5 Å². The van der Waals surface area contributed by atoms with Gasteiger partial charge in [0.25, 0.3) is 11.6 Å². The molecule has 0 atom stereocenters. The first-order valence-electron chi connectivity index (χ1n) is 4.82. The number of nitrogens with one attached hydrogen (secondary N) is 1. The molecule has 1 aromatic heterocycles. The van der Waals surface area contributed by atoms with Crippen LogP contribution in [-0.2, 0) is 0 Å². The van der Waals surface area contributed by atoms with Crippen molar-refractivity contribution in [2.45, 2.75) is 0 Å². The summed E-state index contributed by atoms with van der Waals surface area (Å²) in [5.74, 6) is -0.834. The van der Waals surface area contributed by atoms with Crippen molar-refractivity contribution in [3.05, 3.63) is 38.5 Å². The molecule has 0 aliphatic heterocycles. The third-order valence-corrected chi connectivity index (χ3v) is 2.80. The molecule has 10 heteroatoms. The van der Waals surface area contributed by atoms with Crippen LogP contribution in [0, 0.1) is 10.1 Å². The van der Waals surface area contributed by atoms with Crippen molar-refractivity contribution in [1.29, 1.82) is 0 Å². The monoisotopic (exact) mass is 327 g/mol. The van der Waals surface area contributed by atoms with Crippen LogP contribution in [0.3, 0.4) is 0 Å². The third-order valence-electron chi connectivity index (χ3n) is 2.13. The molecule has 0 fully saturated rings. The zero-order valence-corrected chi connectivity index (χ0v) is 10.7. The Morgan fingerprint density at radius 3 is 2.79 bits per heavy atom. The lowest BCUT2D eigenvalue weighted by molar-refractivity contribution is -0.385. The standard InChI is InChI=1S/C9H6BrN5O4/c10-5-2-1-4(3-6(5)15(17)18)12-9(16)7-8(11)14-19-13-7/h1-3H,(H2,11,14)(H,12,16). The van der Waals surface area contributed by atoms with Gasteiger partial charge in [-0.05, 0) is 38.4 Å². The Kier molecular flexibility index (Phi) is 3.42. The highest BCUT2D eigenvalue weighted by molar-refractivity contribution is 9.10. The van der Waals surface area contributed by atoms with Gasteiger partial charge in [0.1, 0.15) is 0 Å². The molecule has 9 nitrogen and oxygen atoms in total. The lowest BCUT2D eigenvalue weighted by Gasteiger charge is -2.03. The van der Waals surface area contributed by atoms with Crippen molar-refractivity contribution < 1.29 is 14.3 Å². The van der Waals surface area contributed by atoms with E-state index in [0.717, 1.165) is 0 Å². The first kappa shape index (κ1) is 13.0. The molecule has 1 amide bonds. The van der Waals surface area contributed by atoms with Crippen molar-refractivity contribution in [3.8, 4) is 0 Å². The first-order valence-corrected chi connectivity index (χ1v) is 5.61. The summed E-state index contributed by atoms with van der Waals surface area (Å²) in [5, 5.41) is 19.7. The number of amides is 1. The Balaban J connectivity index is 2.25. The van der Waals surface area contributed by atoms with E-state index in [0.29, 0.717) is 4.47 Å². The van der Waals surface area contributed by atoms with Gasteiger partial charge in [0.05, 0.1) is 9.40 Å². The summed E-state index contributed by atoms with van der Waals surface area (Å²) < 4.78 is 4.59. The number of nitrogens with zero attached hydrogens (tertiary/aromatic N) is 3. The van der Waals surface area contributed by atoms with Crippen LogP contribution in [0.25, 0.3) is 0 Å². The number of carbonyl (C=O) groups is 1. The second-order valence-electron chi connectivity index (χ2n) is 3.38. The molecular weight excluding hydrogens is 322 g/mol. The molecule has 2 aromatic rings. The highest BCUT2D eigenvalue weighted by Gasteiger charge is 2.18. The second-order valence-corrected chi connectivity index (χ2v) is 4.23. The minimum atomic E-state index is -0.671. The Morgan fingerprint density at radius 2 is 2.21 bits per heavy atom. The number of carbonyl (C=O) groups excluding carboxylic acids is 1. The van der Waals surface area contributed by atoms with Crippen LogP contribution in [0.5, 0.6) is 0 Å². The van der Waals surface area contributed by atoms with Crippen molar-refractivity contribution in [3.63, 3.8) is 0 Å². The minimum absolute atomic E-state index is 0.163. The van der Waals surface area contributed by atoms with Gasteiger partial charge in [0.15, 0.2) is 0 Å². The number of nitrogen functional groups attached to an aromatic ring is 1. The molecule has 2 rings (SSSR count). The van der Waals surface area contributed by atoms with Gasteiger partial charge in [0, 0.05) is 11.8 Å². The summed E-state index contributed by atoms with van der Waals surface area (Å²) in [4.78, 5) is 21.9. The number of rotatable bonds is 3. The number of nitrogens with two attached hydrogens (primary N) is 1. The van der Waals surface area contributed by atoms with Gasteiger partial charge >= 0.3 is 0 Å². The van der Waals surface area contributed by atoms with Crippen molar-refractivity contribution in [2.24, 2.45) is 0 Å². The van der Waals surface area contributed by atoms with Crippen LogP contribution < -0.4 is 11.1 Å². The maximum atomic E-state index is 11.7. The molecule has 0 radical (unpaired) electrons. The SMILES string of the molecule is Nc1nonc1C(=O)Nc1ccc(Br)c([N+](=O)[O-])c1. The molecule has 0 unspecified atom stereocenters. The number of nitro groups is 1. The highest BCUT2D eigenvalue weighted by atomic mass is 79.9. The van der Waals surface area contributed by atoms with Crippen LogP contribution >= 0.6 is 15.9 Å². The summed E-state index contributed by atoms with van der Waals surface area (Å²) in [6.07, 6.45) is 0. The normalized spacial score (nSPS) is 10.2. The summed E-state index contributed by atoms with van der Waals surface area (Å²) in [6.45, 7) is 0. The summed E-state index contributed by atoms with van der Waals surface area (Å²) >= 11 is 3.04. The molecule has 3 N–H and O–H groups in total. The van der Waals surface area contributed by atoms with Gasteiger partial charge in [-0.25, -0.2) is 4.63 Å². The average Bonchev–Trinajstić information content (AvgIpc) is 2.77. The van der Waals surface area contributed by atoms with Crippen LogP contribution in [0.4, 0.5) is 17.2 Å².